The molecule has 0 saturated heterocycles. The molecule has 0 saturated carbocycles. The molecule has 0 bridgehead atoms. The zero-order valence-electron chi connectivity index (χ0n) is 13.9. The fourth-order valence-corrected chi connectivity index (χ4v) is 2.51. The van der Waals surface area contributed by atoms with Gasteiger partial charge in [0, 0.05) is 28.3 Å². The van der Waals surface area contributed by atoms with Crippen LogP contribution in [0.3, 0.4) is 0 Å². The van der Waals surface area contributed by atoms with Crippen LogP contribution < -0.4 is 16.0 Å². The van der Waals surface area contributed by atoms with Crippen LogP contribution in [0.2, 0.25) is 5.02 Å². The van der Waals surface area contributed by atoms with Crippen LogP contribution in [0.25, 0.3) is 6.08 Å². The molecule has 0 fully saturated rings. The minimum Gasteiger partial charge on any atom is -0.356 e. The third-order valence-electron chi connectivity index (χ3n) is 3.59. The second kappa shape index (κ2) is 8.74. The fraction of sp³-hybridized carbons (Fsp3) is 0. The molecule has 0 atom stereocenters. The minimum atomic E-state index is -0.322. The van der Waals surface area contributed by atoms with E-state index in [9.17, 15) is 4.79 Å². The number of anilines is 3. The largest absolute Gasteiger partial charge is 0.356 e. The summed E-state index contributed by atoms with van der Waals surface area (Å²) in [5.74, 6) is 0. The van der Waals surface area contributed by atoms with Crippen molar-refractivity contribution in [3.63, 3.8) is 0 Å². The van der Waals surface area contributed by atoms with Crippen molar-refractivity contribution in [3.8, 4) is 0 Å². The number of urea groups is 1. The number of halogens is 1. The highest BCUT2D eigenvalue weighted by Crippen LogP contribution is 2.19. The number of para-hydroxylation sites is 1. The van der Waals surface area contributed by atoms with Crippen molar-refractivity contribution >= 4 is 40.8 Å². The lowest BCUT2D eigenvalue weighted by molar-refractivity contribution is 0.255. The summed E-state index contributed by atoms with van der Waals surface area (Å²) in [6, 6.07) is 24.5. The van der Waals surface area contributed by atoms with E-state index < -0.39 is 0 Å². The standard InChI is InChI=1S/C21H18ClN3O/c22-20-9-5-4-6-16(20)14-15-23-21(26)25-19-12-10-18(11-13-19)24-17-7-2-1-3-8-17/h1-15,24H,(H2,23,25,26)/b15-14+. The van der Waals surface area contributed by atoms with E-state index in [0.29, 0.717) is 10.7 Å². The van der Waals surface area contributed by atoms with Gasteiger partial charge in [-0.15, -0.1) is 0 Å². The van der Waals surface area contributed by atoms with Gasteiger partial charge in [-0.05, 0) is 54.1 Å². The summed E-state index contributed by atoms with van der Waals surface area (Å²) >= 11 is 6.06. The van der Waals surface area contributed by atoms with Gasteiger partial charge in [0.15, 0.2) is 0 Å². The Kier molecular flexibility index (Phi) is 5.91. The number of benzene rings is 3. The number of carbonyl (C=O) groups excluding carboxylic acids is 1. The van der Waals surface area contributed by atoms with Crippen LogP contribution in [0, 0.1) is 0 Å². The first-order chi connectivity index (χ1) is 12.7. The second-order valence-corrected chi connectivity index (χ2v) is 5.93. The van der Waals surface area contributed by atoms with Crippen LogP contribution in [-0.4, -0.2) is 6.03 Å². The zero-order valence-corrected chi connectivity index (χ0v) is 14.7. The summed E-state index contributed by atoms with van der Waals surface area (Å²) < 4.78 is 0. The number of carbonyl (C=O) groups is 1. The third-order valence-corrected chi connectivity index (χ3v) is 3.93. The van der Waals surface area contributed by atoms with Crippen molar-refractivity contribution in [1.82, 2.24) is 5.32 Å². The zero-order chi connectivity index (χ0) is 18.2. The summed E-state index contributed by atoms with van der Waals surface area (Å²) in [5, 5.41) is 9.35. The molecule has 0 aliphatic rings. The summed E-state index contributed by atoms with van der Waals surface area (Å²) in [6.45, 7) is 0. The van der Waals surface area contributed by atoms with Gasteiger partial charge in [-0.3, -0.25) is 0 Å². The molecule has 0 spiro atoms. The molecule has 5 heteroatoms. The summed E-state index contributed by atoms with van der Waals surface area (Å²) in [5.41, 5.74) is 3.49. The predicted octanol–water partition coefficient (Wildman–Crippen LogP) is 5.88. The van der Waals surface area contributed by atoms with Crippen LogP contribution in [0.5, 0.6) is 0 Å². The molecule has 0 aliphatic heterocycles. The van der Waals surface area contributed by atoms with Gasteiger partial charge in [0.2, 0.25) is 0 Å². The Balaban J connectivity index is 1.52. The first kappa shape index (κ1) is 17.6. The highest BCUT2D eigenvalue weighted by molar-refractivity contribution is 6.32. The topological polar surface area (TPSA) is 53.2 Å². The number of hydrogen-bond donors (Lipinski definition) is 3. The monoisotopic (exact) mass is 363 g/mol. The molecule has 3 N–H and O–H groups in total. The number of amides is 2. The predicted molar refractivity (Wildman–Crippen MR) is 109 cm³/mol. The molecular formula is C21H18ClN3O. The normalized spacial score (nSPS) is 10.5. The Hall–Kier alpha value is -3.24. The van der Waals surface area contributed by atoms with Gasteiger partial charge < -0.3 is 16.0 Å². The molecule has 26 heavy (non-hydrogen) atoms. The van der Waals surface area contributed by atoms with E-state index in [1.165, 1.54) is 0 Å². The quantitative estimate of drug-likeness (QED) is 0.530. The Morgan fingerprint density at radius 2 is 1.38 bits per heavy atom. The molecule has 0 aromatic heterocycles. The molecule has 2 amide bonds. The van der Waals surface area contributed by atoms with Crippen LogP contribution in [-0.2, 0) is 0 Å². The maximum atomic E-state index is 11.9. The van der Waals surface area contributed by atoms with Gasteiger partial charge >= 0.3 is 6.03 Å². The van der Waals surface area contributed by atoms with Crippen molar-refractivity contribution in [3.05, 3.63) is 95.6 Å². The molecule has 0 radical (unpaired) electrons. The molecular weight excluding hydrogens is 346 g/mol. The molecule has 0 unspecified atom stereocenters. The Morgan fingerprint density at radius 1 is 0.769 bits per heavy atom. The van der Waals surface area contributed by atoms with E-state index in [0.717, 1.165) is 16.9 Å². The van der Waals surface area contributed by atoms with E-state index in [-0.39, 0.29) is 6.03 Å². The lowest BCUT2D eigenvalue weighted by atomic mass is 10.2. The Bertz CT molecular complexity index is 893. The van der Waals surface area contributed by atoms with Crippen LogP contribution in [0.4, 0.5) is 21.9 Å². The SMILES string of the molecule is O=C(N/C=C/c1ccccc1Cl)Nc1ccc(Nc2ccccc2)cc1. The highest BCUT2D eigenvalue weighted by atomic mass is 35.5. The molecule has 3 aromatic carbocycles. The summed E-state index contributed by atoms with van der Waals surface area (Å²) in [7, 11) is 0. The number of hydrogen-bond acceptors (Lipinski definition) is 2. The molecule has 0 heterocycles. The average molecular weight is 364 g/mol. The molecule has 130 valence electrons. The smallest absolute Gasteiger partial charge is 0.323 e. The Labute approximate surface area is 157 Å². The fourth-order valence-electron chi connectivity index (χ4n) is 2.31. The van der Waals surface area contributed by atoms with E-state index in [2.05, 4.69) is 16.0 Å². The molecule has 4 nitrogen and oxygen atoms in total. The second-order valence-electron chi connectivity index (χ2n) is 5.52. The first-order valence-electron chi connectivity index (χ1n) is 8.11. The Morgan fingerprint density at radius 3 is 2.12 bits per heavy atom. The lowest BCUT2D eigenvalue weighted by Crippen LogP contribution is -2.23. The van der Waals surface area contributed by atoms with Crippen LogP contribution in [0.1, 0.15) is 5.56 Å². The van der Waals surface area contributed by atoms with Crippen molar-refractivity contribution < 1.29 is 4.79 Å². The minimum absolute atomic E-state index is 0.322. The van der Waals surface area contributed by atoms with Gasteiger partial charge in [0.1, 0.15) is 0 Å². The van der Waals surface area contributed by atoms with Crippen molar-refractivity contribution in [2.45, 2.75) is 0 Å². The van der Waals surface area contributed by atoms with Gasteiger partial charge in [-0.2, -0.15) is 0 Å². The van der Waals surface area contributed by atoms with Crippen molar-refractivity contribution in [1.29, 1.82) is 0 Å². The van der Waals surface area contributed by atoms with Crippen molar-refractivity contribution in [2.24, 2.45) is 0 Å². The third kappa shape index (κ3) is 5.13. The lowest BCUT2D eigenvalue weighted by Gasteiger charge is -2.08. The highest BCUT2D eigenvalue weighted by Gasteiger charge is 2.00. The van der Waals surface area contributed by atoms with Crippen LogP contribution >= 0.6 is 11.6 Å². The van der Waals surface area contributed by atoms with E-state index in [1.54, 1.807) is 18.3 Å². The van der Waals surface area contributed by atoms with Gasteiger partial charge in [-0.25, -0.2) is 4.79 Å². The molecule has 0 aliphatic carbocycles. The van der Waals surface area contributed by atoms with Gasteiger partial charge in [0.05, 0.1) is 0 Å². The van der Waals surface area contributed by atoms with Gasteiger partial charge in [0.25, 0.3) is 0 Å². The van der Waals surface area contributed by atoms with Crippen molar-refractivity contribution in [2.75, 3.05) is 10.6 Å². The summed E-state index contributed by atoms with van der Waals surface area (Å²) in [6.07, 6.45) is 3.30. The average Bonchev–Trinajstić information content (AvgIpc) is 2.66. The molecule has 3 aromatic rings. The van der Waals surface area contributed by atoms with E-state index >= 15 is 0 Å². The first-order valence-corrected chi connectivity index (χ1v) is 8.49. The number of nitrogens with one attached hydrogen (secondary N) is 3. The summed E-state index contributed by atoms with van der Waals surface area (Å²) in [4.78, 5) is 11.9. The van der Waals surface area contributed by atoms with Gasteiger partial charge in [-0.1, -0.05) is 48.0 Å². The van der Waals surface area contributed by atoms with E-state index in [1.807, 2.05) is 72.8 Å². The van der Waals surface area contributed by atoms with Crippen LogP contribution in [0.15, 0.2) is 85.1 Å². The maximum Gasteiger partial charge on any atom is 0.323 e. The number of rotatable bonds is 5. The van der Waals surface area contributed by atoms with E-state index in [4.69, 9.17) is 11.6 Å². The maximum absolute atomic E-state index is 11.9. The molecule has 3 rings (SSSR count).